The summed E-state index contributed by atoms with van der Waals surface area (Å²) in [4.78, 5) is 19.3. The van der Waals surface area contributed by atoms with Crippen LogP contribution >= 0.6 is 11.3 Å². The van der Waals surface area contributed by atoms with Crippen LogP contribution in [0.4, 0.5) is 5.13 Å². The molecule has 1 aliphatic heterocycles. The van der Waals surface area contributed by atoms with Gasteiger partial charge in [0.05, 0.1) is 5.69 Å². The van der Waals surface area contributed by atoms with Crippen LogP contribution in [0.15, 0.2) is 0 Å². The first kappa shape index (κ1) is 12.5. The Labute approximate surface area is 106 Å². The Morgan fingerprint density at radius 2 is 2.24 bits per heavy atom. The highest BCUT2D eigenvalue weighted by atomic mass is 32.1. The van der Waals surface area contributed by atoms with Crippen molar-refractivity contribution in [2.24, 2.45) is 0 Å². The number of hydrogen-bond acceptors (Lipinski definition) is 4. The molecule has 0 aliphatic carbocycles. The first-order valence-corrected chi connectivity index (χ1v) is 6.99. The van der Waals surface area contributed by atoms with Crippen molar-refractivity contribution >= 4 is 22.4 Å². The molecule has 0 spiro atoms. The van der Waals surface area contributed by atoms with E-state index in [2.05, 4.69) is 22.1 Å². The second-order valence-electron chi connectivity index (χ2n) is 4.41. The third-order valence-electron chi connectivity index (χ3n) is 2.92. The summed E-state index contributed by atoms with van der Waals surface area (Å²) in [5, 5.41) is 3.53. The number of hydrogen-bond donors (Lipinski definition) is 1. The van der Waals surface area contributed by atoms with E-state index in [4.69, 9.17) is 0 Å². The van der Waals surface area contributed by atoms with Gasteiger partial charge in [-0.3, -0.25) is 4.79 Å². The monoisotopic (exact) mass is 253 g/mol. The molecule has 5 heteroatoms. The molecule has 0 bridgehead atoms. The standard InChI is InChI=1S/C12H19N3OS/c1-3-6-15-7-4-10-11(5-8-15)17-12(14-10)13-9(2)16/h3-8H2,1-2H3,(H,13,14,16). The van der Waals surface area contributed by atoms with Gasteiger partial charge in [-0.2, -0.15) is 0 Å². The number of fused-ring (bicyclic) bond motifs is 1. The second kappa shape index (κ2) is 5.60. The number of thiazole rings is 1. The van der Waals surface area contributed by atoms with Crippen LogP contribution in [0.1, 0.15) is 30.8 Å². The van der Waals surface area contributed by atoms with Crippen LogP contribution in [0.3, 0.4) is 0 Å². The Balaban J connectivity index is 2.03. The first-order chi connectivity index (χ1) is 8.19. The molecule has 0 radical (unpaired) electrons. The summed E-state index contributed by atoms with van der Waals surface area (Å²) in [6.07, 6.45) is 3.27. The molecular weight excluding hydrogens is 234 g/mol. The quantitative estimate of drug-likeness (QED) is 0.895. The molecule has 1 amide bonds. The maximum absolute atomic E-state index is 11.0. The van der Waals surface area contributed by atoms with Crippen LogP contribution in [-0.2, 0) is 17.6 Å². The molecule has 1 aromatic heterocycles. The Morgan fingerprint density at radius 3 is 2.94 bits per heavy atom. The van der Waals surface area contributed by atoms with Gasteiger partial charge in [0.15, 0.2) is 5.13 Å². The number of rotatable bonds is 3. The fraction of sp³-hybridized carbons (Fsp3) is 0.667. The number of nitrogens with zero attached hydrogens (tertiary/aromatic N) is 2. The molecule has 0 aromatic carbocycles. The summed E-state index contributed by atoms with van der Waals surface area (Å²) in [6.45, 7) is 7.11. The summed E-state index contributed by atoms with van der Waals surface area (Å²) < 4.78 is 0. The zero-order chi connectivity index (χ0) is 12.3. The molecule has 17 heavy (non-hydrogen) atoms. The summed E-state index contributed by atoms with van der Waals surface area (Å²) in [5.74, 6) is -0.0403. The maximum Gasteiger partial charge on any atom is 0.223 e. The highest BCUT2D eigenvalue weighted by molar-refractivity contribution is 7.15. The van der Waals surface area contributed by atoms with E-state index in [-0.39, 0.29) is 5.91 Å². The van der Waals surface area contributed by atoms with Crippen molar-refractivity contribution in [1.82, 2.24) is 9.88 Å². The smallest absolute Gasteiger partial charge is 0.223 e. The summed E-state index contributed by atoms with van der Waals surface area (Å²) in [6, 6.07) is 0. The molecule has 94 valence electrons. The Morgan fingerprint density at radius 1 is 1.47 bits per heavy atom. The van der Waals surface area contributed by atoms with E-state index in [1.54, 1.807) is 11.3 Å². The average molecular weight is 253 g/mol. The molecule has 0 saturated heterocycles. The largest absolute Gasteiger partial charge is 0.303 e. The number of aromatic nitrogens is 1. The van der Waals surface area contributed by atoms with Crippen LogP contribution in [0.2, 0.25) is 0 Å². The molecule has 0 atom stereocenters. The lowest BCUT2D eigenvalue weighted by Gasteiger charge is -2.18. The minimum Gasteiger partial charge on any atom is -0.303 e. The maximum atomic E-state index is 11.0. The van der Waals surface area contributed by atoms with E-state index in [0.29, 0.717) is 0 Å². The van der Waals surface area contributed by atoms with Crippen LogP contribution in [-0.4, -0.2) is 35.4 Å². The Kier molecular flexibility index (Phi) is 4.12. The van der Waals surface area contributed by atoms with E-state index in [9.17, 15) is 4.79 Å². The van der Waals surface area contributed by atoms with Crippen LogP contribution in [0.25, 0.3) is 0 Å². The zero-order valence-corrected chi connectivity index (χ0v) is 11.3. The van der Waals surface area contributed by atoms with Crippen molar-refractivity contribution in [2.45, 2.75) is 33.1 Å². The molecule has 2 rings (SSSR count). The molecule has 1 aromatic rings. The molecular formula is C12H19N3OS. The predicted octanol–water partition coefficient (Wildman–Crippen LogP) is 1.91. The predicted molar refractivity (Wildman–Crippen MR) is 70.6 cm³/mol. The van der Waals surface area contributed by atoms with Gasteiger partial charge in [0.2, 0.25) is 5.91 Å². The molecule has 4 nitrogen and oxygen atoms in total. The first-order valence-electron chi connectivity index (χ1n) is 6.17. The molecule has 2 heterocycles. The van der Waals surface area contributed by atoms with Crippen molar-refractivity contribution in [3.05, 3.63) is 10.6 Å². The van der Waals surface area contributed by atoms with Crippen LogP contribution < -0.4 is 5.32 Å². The van der Waals surface area contributed by atoms with E-state index < -0.39 is 0 Å². The van der Waals surface area contributed by atoms with Gasteiger partial charge >= 0.3 is 0 Å². The topological polar surface area (TPSA) is 45.2 Å². The van der Waals surface area contributed by atoms with Crippen molar-refractivity contribution in [2.75, 3.05) is 25.0 Å². The SMILES string of the molecule is CCCN1CCc2nc(NC(C)=O)sc2CC1. The van der Waals surface area contributed by atoms with Crippen LogP contribution in [0, 0.1) is 0 Å². The lowest BCUT2D eigenvalue weighted by atomic mass is 10.2. The van der Waals surface area contributed by atoms with Crippen molar-refractivity contribution in [3.8, 4) is 0 Å². The number of carbonyl (C=O) groups is 1. The number of nitrogens with one attached hydrogen (secondary N) is 1. The normalized spacial score (nSPS) is 16.4. The van der Waals surface area contributed by atoms with E-state index in [1.165, 1.54) is 30.5 Å². The fourth-order valence-corrected chi connectivity index (χ4v) is 3.20. The summed E-state index contributed by atoms with van der Waals surface area (Å²) in [7, 11) is 0. The minimum absolute atomic E-state index is 0.0403. The van der Waals surface area contributed by atoms with Crippen molar-refractivity contribution in [3.63, 3.8) is 0 Å². The Hall–Kier alpha value is -0.940. The highest BCUT2D eigenvalue weighted by Crippen LogP contribution is 2.26. The fourth-order valence-electron chi connectivity index (χ4n) is 2.15. The van der Waals surface area contributed by atoms with Gasteiger partial charge < -0.3 is 10.2 Å². The highest BCUT2D eigenvalue weighted by Gasteiger charge is 2.17. The van der Waals surface area contributed by atoms with E-state index >= 15 is 0 Å². The zero-order valence-electron chi connectivity index (χ0n) is 10.5. The molecule has 0 unspecified atom stereocenters. The molecule has 1 N–H and O–H groups in total. The van der Waals surface area contributed by atoms with Crippen LogP contribution in [0.5, 0.6) is 0 Å². The lowest BCUT2D eigenvalue weighted by molar-refractivity contribution is -0.114. The van der Waals surface area contributed by atoms with E-state index in [1.807, 2.05) is 0 Å². The van der Waals surface area contributed by atoms with Gasteiger partial charge in [-0.05, 0) is 19.4 Å². The number of carbonyl (C=O) groups excluding carboxylic acids is 1. The van der Waals surface area contributed by atoms with Crippen molar-refractivity contribution in [1.29, 1.82) is 0 Å². The van der Waals surface area contributed by atoms with Gasteiger partial charge in [-0.1, -0.05) is 6.92 Å². The van der Waals surface area contributed by atoms with E-state index in [0.717, 1.165) is 31.1 Å². The minimum atomic E-state index is -0.0403. The molecule has 1 aliphatic rings. The average Bonchev–Trinajstić information content (AvgIpc) is 2.54. The molecule has 0 saturated carbocycles. The number of anilines is 1. The van der Waals surface area contributed by atoms with Gasteiger partial charge in [0.25, 0.3) is 0 Å². The lowest BCUT2D eigenvalue weighted by Crippen LogP contribution is -2.27. The third-order valence-corrected chi connectivity index (χ3v) is 3.99. The van der Waals surface area contributed by atoms with Gasteiger partial charge in [-0.25, -0.2) is 4.98 Å². The summed E-state index contributed by atoms with van der Waals surface area (Å²) in [5.41, 5.74) is 1.18. The number of amides is 1. The van der Waals surface area contributed by atoms with Gasteiger partial charge in [0, 0.05) is 31.3 Å². The van der Waals surface area contributed by atoms with Gasteiger partial charge in [-0.15, -0.1) is 11.3 Å². The Bertz CT molecular complexity index is 377. The molecule has 0 fully saturated rings. The summed E-state index contributed by atoms with van der Waals surface area (Å²) >= 11 is 1.63. The third kappa shape index (κ3) is 3.26. The van der Waals surface area contributed by atoms with Crippen molar-refractivity contribution < 1.29 is 4.79 Å². The van der Waals surface area contributed by atoms with Gasteiger partial charge in [0.1, 0.15) is 0 Å². The second-order valence-corrected chi connectivity index (χ2v) is 5.50.